The monoisotopic (exact) mass is 425 g/mol. The Bertz CT molecular complexity index is 1070. The van der Waals surface area contributed by atoms with Crippen LogP contribution in [0.15, 0.2) is 40.9 Å². The SMILES string of the molecule is COc1cc(OC)cc(-c2nc(C3CC(=O)N(c4ccc(OC)cc4OC)C3)no2)c1. The van der Waals surface area contributed by atoms with Crippen LogP contribution in [0.4, 0.5) is 5.69 Å². The smallest absolute Gasteiger partial charge is 0.258 e. The molecule has 0 bridgehead atoms. The van der Waals surface area contributed by atoms with Crippen LogP contribution in [0.1, 0.15) is 18.2 Å². The van der Waals surface area contributed by atoms with Crippen LogP contribution in [0.2, 0.25) is 0 Å². The van der Waals surface area contributed by atoms with Crippen molar-refractivity contribution in [2.24, 2.45) is 0 Å². The molecule has 9 nitrogen and oxygen atoms in total. The molecular weight excluding hydrogens is 402 g/mol. The van der Waals surface area contributed by atoms with Gasteiger partial charge in [0.15, 0.2) is 5.82 Å². The number of amides is 1. The lowest BCUT2D eigenvalue weighted by atomic mass is 10.1. The van der Waals surface area contributed by atoms with E-state index in [1.54, 1.807) is 63.7 Å². The van der Waals surface area contributed by atoms with Crippen LogP contribution in [0.25, 0.3) is 11.5 Å². The molecule has 162 valence electrons. The van der Waals surface area contributed by atoms with E-state index in [1.807, 2.05) is 6.07 Å². The van der Waals surface area contributed by atoms with Gasteiger partial charge in [-0.1, -0.05) is 5.16 Å². The van der Waals surface area contributed by atoms with Crippen LogP contribution >= 0.6 is 0 Å². The standard InChI is InChI=1S/C22H23N3O6/c1-27-15-5-6-18(19(11-15)30-4)25-12-14(9-20(25)26)21-23-22(31-24-21)13-7-16(28-2)10-17(8-13)29-3/h5-8,10-11,14H,9,12H2,1-4H3. The molecule has 3 aromatic rings. The van der Waals surface area contributed by atoms with Gasteiger partial charge in [-0.25, -0.2) is 0 Å². The van der Waals surface area contributed by atoms with E-state index in [0.29, 0.717) is 52.5 Å². The van der Waals surface area contributed by atoms with Crippen LogP contribution in [-0.4, -0.2) is 51.0 Å². The first-order valence-corrected chi connectivity index (χ1v) is 9.65. The molecule has 1 aromatic heterocycles. The summed E-state index contributed by atoms with van der Waals surface area (Å²) in [6.07, 6.45) is 0.273. The van der Waals surface area contributed by atoms with E-state index in [2.05, 4.69) is 10.1 Å². The Hall–Kier alpha value is -3.75. The van der Waals surface area contributed by atoms with Gasteiger partial charge in [0.2, 0.25) is 5.91 Å². The molecule has 0 aliphatic carbocycles. The lowest BCUT2D eigenvalue weighted by Gasteiger charge is -2.19. The molecule has 1 amide bonds. The normalized spacial score (nSPS) is 15.8. The van der Waals surface area contributed by atoms with Gasteiger partial charge in [0.25, 0.3) is 5.89 Å². The number of benzene rings is 2. The zero-order chi connectivity index (χ0) is 22.0. The molecule has 4 rings (SSSR count). The number of anilines is 1. The average Bonchev–Trinajstić information content (AvgIpc) is 3.45. The summed E-state index contributed by atoms with van der Waals surface area (Å²) in [7, 11) is 6.29. The Balaban J connectivity index is 1.58. The third-order valence-electron chi connectivity index (χ3n) is 5.21. The summed E-state index contributed by atoms with van der Waals surface area (Å²) in [6.45, 7) is 0.419. The molecular formula is C22H23N3O6. The van der Waals surface area contributed by atoms with Gasteiger partial charge in [-0.15, -0.1) is 0 Å². The van der Waals surface area contributed by atoms with Crippen LogP contribution in [-0.2, 0) is 4.79 Å². The quantitative estimate of drug-likeness (QED) is 0.569. The van der Waals surface area contributed by atoms with Crippen molar-refractivity contribution in [2.75, 3.05) is 39.9 Å². The molecule has 1 fully saturated rings. The number of ether oxygens (including phenoxy) is 4. The first-order valence-electron chi connectivity index (χ1n) is 9.65. The van der Waals surface area contributed by atoms with Crippen LogP contribution in [0.3, 0.4) is 0 Å². The lowest BCUT2D eigenvalue weighted by molar-refractivity contribution is -0.117. The Morgan fingerprint density at radius 1 is 0.935 bits per heavy atom. The molecule has 0 saturated carbocycles. The van der Waals surface area contributed by atoms with Crippen LogP contribution in [0, 0.1) is 0 Å². The second kappa shape index (κ2) is 8.55. The molecule has 1 aliphatic heterocycles. The van der Waals surface area contributed by atoms with Crippen molar-refractivity contribution in [1.29, 1.82) is 0 Å². The molecule has 0 spiro atoms. The number of rotatable bonds is 7. The van der Waals surface area contributed by atoms with Crippen molar-refractivity contribution in [3.8, 4) is 34.5 Å². The van der Waals surface area contributed by atoms with Crippen molar-refractivity contribution in [1.82, 2.24) is 10.1 Å². The lowest BCUT2D eigenvalue weighted by Crippen LogP contribution is -2.24. The maximum Gasteiger partial charge on any atom is 0.258 e. The highest BCUT2D eigenvalue weighted by molar-refractivity contribution is 5.97. The fraction of sp³-hybridized carbons (Fsp3) is 0.318. The highest BCUT2D eigenvalue weighted by atomic mass is 16.5. The predicted molar refractivity (Wildman–Crippen MR) is 112 cm³/mol. The summed E-state index contributed by atoms with van der Waals surface area (Å²) < 4.78 is 26.8. The summed E-state index contributed by atoms with van der Waals surface area (Å²) in [5, 5.41) is 4.12. The minimum Gasteiger partial charge on any atom is -0.497 e. The zero-order valence-electron chi connectivity index (χ0n) is 17.7. The summed E-state index contributed by atoms with van der Waals surface area (Å²) in [5.41, 5.74) is 1.35. The number of nitrogens with zero attached hydrogens (tertiary/aromatic N) is 3. The Morgan fingerprint density at radius 2 is 1.65 bits per heavy atom. The third kappa shape index (κ3) is 3.98. The first-order chi connectivity index (χ1) is 15.1. The van der Waals surface area contributed by atoms with Crippen molar-refractivity contribution in [3.63, 3.8) is 0 Å². The molecule has 31 heavy (non-hydrogen) atoms. The van der Waals surface area contributed by atoms with Gasteiger partial charge < -0.3 is 28.4 Å². The molecule has 0 radical (unpaired) electrons. The van der Waals surface area contributed by atoms with E-state index < -0.39 is 0 Å². The van der Waals surface area contributed by atoms with Crippen molar-refractivity contribution in [3.05, 3.63) is 42.2 Å². The van der Waals surface area contributed by atoms with Crippen LogP contribution < -0.4 is 23.8 Å². The number of methoxy groups -OCH3 is 4. The molecule has 1 atom stereocenters. The maximum absolute atomic E-state index is 12.7. The van der Waals surface area contributed by atoms with E-state index in [4.69, 9.17) is 23.5 Å². The number of hydrogen-bond acceptors (Lipinski definition) is 8. The summed E-state index contributed by atoms with van der Waals surface area (Å²) in [4.78, 5) is 18.9. The zero-order valence-corrected chi connectivity index (χ0v) is 17.7. The minimum absolute atomic E-state index is 0.0390. The van der Waals surface area contributed by atoms with E-state index >= 15 is 0 Å². The van der Waals surface area contributed by atoms with Gasteiger partial charge in [0.05, 0.1) is 34.1 Å². The number of carbonyl (C=O) groups is 1. The van der Waals surface area contributed by atoms with E-state index in [0.717, 1.165) is 0 Å². The molecule has 1 unspecified atom stereocenters. The maximum atomic E-state index is 12.7. The Morgan fingerprint density at radius 3 is 2.29 bits per heavy atom. The minimum atomic E-state index is -0.204. The van der Waals surface area contributed by atoms with Gasteiger partial charge in [-0.2, -0.15) is 4.98 Å². The number of carbonyl (C=O) groups excluding carboxylic acids is 1. The summed E-state index contributed by atoms with van der Waals surface area (Å²) in [6, 6.07) is 10.7. The Labute approximate surface area is 179 Å². The van der Waals surface area contributed by atoms with Gasteiger partial charge in [0, 0.05) is 36.6 Å². The van der Waals surface area contributed by atoms with E-state index in [-0.39, 0.29) is 18.2 Å². The fourth-order valence-corrected chi connectivity index (χ4v) is 3.57. The third-order valence-corrected chi connectivity index (χ3v) is 5.21. The topological polar surface area (TPSA) is 96.2 Å². The van der Waals surface area contributed by atoms with Gasteiger partial charge in [-0.05, 0) is 24.3 Å². The average molecular weight is 425 g/mol. The fourth-order valence-electron chi connectivity index (χ4n) is 3.57. The molecule has 2 aromatic carbocycles. The molecule has 1 saturated heterocycles. The Kier molecular flexibility index (Phi) is 5.66. The van der Waals surface area contributed by atoms with Crippen molar-refractivity contribution < 1.29 is 28.3 Å². The summed E-state index contributed by atoms with van der Waals surface area (Å²) >= 11 is 0. The molecule has 9 heteroatoms. The summed E-state index contributed by atoms with van der Waals surface area (Å²) in [5.74, 6) is 3.00. The van der Waals surface area contributed by atoms with Crippen LogP contribution in [0.5, 0.6) is 23.0 Å². The van der Waals surface area contributed by atoms with Gasteiger partial charge >= 0.3 is 0 Å². The van der Waals surface area contributed by atoms with Crippen molar-refractivity contribution >= 4 is 11.6 Å². The highest BCUT2D eigenvalue weighted by Crippen LogP contribution is 2.38. The highest BCUT2D eigenvalue weighted by Gasteiger charge is 2.36. The largest absolute Gasteiger partial charge is 0.497 e. The molecule has 1 aliphatic rings. The second-order valence-electron chi connectivity index (χ2n) is 7.00. The van der Waals surface area contributed by atoms with E-state index in [9.17, 15) is 4.79 Å². The molecule has 0 N–H and O–H groups in total. The predicted octanol–water partition coefficient (Wildman–Crippen LogP) is 3.29. The first kappa shape index (κ1) is 20.5. The second-order valence-corrected chi connectivity index (χ2v) is 7.00. The number of aromatic nitrogens is 2. The van der Waals surface area contributed by atoms with Gasteiger partial charge in [-0.3, -0.25) is 4.79 Å². The van der Waals surface area contributed by atoms with Crippen molar-refractivity contribution in [2.45, 2.75) is 12.3 Å². The van der Waals surface area contributed by atoms with Gasteiger partial charge in [0.1, 0.15) is 23.0 Å². The number of hydrogen-bond donors (Lipinski definition) is 0. The molecule has 2 heterocycles. The van der Waals surface area contributed by atoms with E-state index in [1.165, 1.54) is 0 Å².